The number of halogens is 7. The van der Waals surface area contributed by atoms with Gasteiger partial charge in [0.05, 0.1) is 6.10 Å². The smallest absolute Gasteiger partial charge is 0.429 e. The second-order valence-electron chi connectivity index (χ2n) is 10.6. The highest BCUT2D eigenvalue weighted by atomic mass is 35.5. The average Bonchev–Trinajstić information content (AvgIpc) is 3.00. The van der Waals surface area contributed by atoms with Gasteiger partial charge in [0.2, 0.25) is 0 Å². The third kappa shape index (κ3) is 7.88. The summed E-state index contributed by atoms with van der Waals surface area (Å²) in [6, 6.07) is 14.4. The van der Waals surface area contributed by atoms with Gasteiger partial charge in [-0.25, -0.2) is 17.6 Å². The Kier molecular flexibility index (Phi) is 10.5. The quantitative estimate of drug-likeness (QED) is 0.0904. The van der Waals surface area contributed by atoms with E-state index in [1.165, 1.54) is 12.1 Å². The summed E-state index contributed by atoms with van der Waals surface area (Å²) in [5, 5.41) is 0.679. The lowest BCUT2D eigenvalue weighted by molar-refractivity contribution is -0.189. The van der Waals surface area contributed by atoms with Gasteiger partial charge in [0.15, 0.2) is 0 Å². The zero-order valence-electron chi connectivity index (χ0n) is 24.0. The van der Waals surface area contributed by atoms with Gasteiger partial charge in [0, 0.05) is 33.8 Å². The summed E-state index contributed by atoms with van der Waals surface area (Å²) in [4.78, 5) is 0. The van der Waals surface area contributed by atoms with Crippen LogP contribution in [-0.2, 0) is 10.8 Å². The van der Waals surface area contributed by atoms with Crippen LogP contribution in [0, 0.1) is 23.3 Å². The van der Waals surface area contributed by atoms with Crippen LogP contribution in [0.2, 0.25) is 5.02 Å². The second-order valence-corrected chi connectivity index (χ2v) is 12.3. The highest BCUT2D eigenvalue weighted by Gasteiger charge is 2.41. The van der Waals surface area contributed by atoms with E-state index in [0.717, 1.165) is 67.9 Å². The number of ether oxygens (including phenoxy) is 2. The number of rotatable bonds is 11. The van der Waals surface area contributed by atoms with Crippen molar-refractivity contribution in [3.05, 3.63) is 125 Å². The molecule has 4 aromatic rings. The van der Waals surface area contributed by atoms with Crippen LogP contribution in [0.15, 0.2) is 85.5 Å². The Labute approximate surface area is 267 Å². The Morgan fingerprint density at radius 3 is 2.16 bits per heavy atom. The summed E-state index contributed by atoms with van der Waals surface area (Å²) >= 11 is 8.43. The Morgan fingerprint density at radius 1 is 0.844 bits per heavy atom. The molecule has 0 aromatic heterocycles. The molecule has 0 saturated carbocycles. The van der Waals surface area contributed by atoms with E-state index in [-0.39, 0.29) is 22.5 Å². The summed E-state index contributed by atoms with van der Waals surface area (Å²) in [6.45, 7) is 4.44. The molecule has 0 aliphatic carbocycles. The molecule has 0 radical (unpaired) electrons. The normalized spacial score (nSPS) is 16.9. The number of hydrogen-bond acceptors (Lipinski definition) is 3. The average molecular weight is 663 g/mol. The Morgan fingerprint density at radius 2 is 1.53 bits per heavy atom. The number of alkyl halides is 2. The molecule has 2 atom stereocenters. The van der Waals surface area contributed by atoms with E-state index in [1.54, 1.807) is 6.07 Å². The molecule has 1 aliphatic heterocycles. The van der Waals surface area contributed by atoms with Crippen molar-refractivity contribution < 1.29 is 35.8 Å². The van der Waals surface area contributed by atoms with Crippen molar-refractivity contribution in [2.24, 2.45) is 0 Å². The first kappa shape index (κ1) is 33.0. The van der Waals surface area contributed by atoms with Crippen LogP contribution in [0.3, 0.4) is 0 Å². The number of benzene rings is 4. The van der Waals surface area contributed by atoms with Crippen LogP contribution >= 0.6 is 23.4 Å². The van der Waals surface area contributed by atoms with E-state index in [1.807, 2.05) is 36.0 Å². The minimum Gasteiger partial charge on any atom is -0.429 e. The molecule has 2 nitrogen and oxygen atoms in total. The molecule has 10 heteroatoms. The molecule has 0 bridgehead atoms. The van der Waals surface area contributed by atoms with Gasteiger partial charge < -0.3 is 9.47 Å². The zero-order chi connectivity index (χ0) is 32.1. The van der Waals surface area contributed by atoms with E-state index < -0.39 is 40.7 Å². The van der Waals surface area contributed by atoms with Crippen molar-refractivity contribution in [1.29, 1.82) is 0 Å². The van der Waals surface area contributed by atoms with E-state index in [2.05, 4.69) is 11.3 Å². The van der Waals surface area contributed by atoms with Gasteiger partial charge in [-0.05, 0) is 90.9 Å². The van der Waals surface area contributed by atoms with Gasteiger partial charge in [0.1, 0.15) is 34.6 Å². The van der Waals surface area contributed by atoms with Gasteiger partial charge >= 0.3 is 6.11 Å². The largest absolute Gasteiger partial charge is 0.432 e. The second kappa shape index (κ2) is 14.4. The maximum atomic E-state index is 15.3. The maximum Gasteiger partial charge on any atom is 0.432 e. The molecule has 236 valence electrons. The van der Waals surface area contributed by atoms with Gasteiger partial charge in [-0.2, -0.15) is 20.5 Å². The van der Waals surface area contributed by atoms with Crippen LogP contribution in [0.25, 0.3) is 22.3 Å². The summed E-state index contributed by atoms with van der Waals surface area (Å²) in [5.74, 6) is -4.41. The van der Waals surface area contributed by atoms with Gasteiger partial charge in [-0.15, -0.1) is 6.58 Å². The molecular weight excluding hydrogens is 634 g/mol. The topological polar surface area (TPSA) is 18.5 Å². The van der Waals surface area contributed by atoms with Crippen LogP contribution < -0.4 is 4.74 Å². The van der Waals surface area contributed by atoms with Crippen LogP contribution in [0.5, 0.6) is 5.75 Å². The lowest BCUT2D eigenvalue weighted by atomic mass is 9.96. The molecule has 0 spiro atoms. The maximum absolute atomic E-state index is 15.3. The molecule has 1 heterocycles. The van der Waals surface area contributed by atoms with Gasteiger partial charge in [0.25, 0.3) is 0 Å². The fraction of sp³-hybridized carbons (Fsp3) is 0.257. The van der Waals surface area contributed by atoms with Crippen molar-refractivity contribution >= 4 is 23.4 Å². The predicted molar refractivity (Wildman–Crippen MR) is 167 cm³/mol. The van der Waals surface area contributed by atoms with Crippen LogP contribution in [-0.4, -0.2) is 18.5 Å². The van der Waals surface area contributed by atoms with Crippen LogP contribution in [0.4, 0.5) is 26.3 Å². The first-order valence-corrected chi connectivity index (χ1v) is 15.7. The summed E-state index contributed by atoms with van der Waals surface area (Å²) in [6.07, 6.45) is 1.45. The summed E-state index contributed by atoms with van der Waals surface area (Å²) in [5.41, 5.74) is -0.0636. The lowest BCUT2D eigenvalue weighted by Crippen LogP contribution is -2.25. The molecule has 5 rings (SSSR count). The van der Waals surface area contributed by atoms with Crippen molar-refractivity contribution in [1.82, 2.24) is 0 Å². The van der Waals surface area contributed by atoms with Gasteiger partial charge in [-0.3, -0.25) is 0 Å². The first-order chi connectivity index (χ1) is 21.6. The highest BCUT2D eigenvalue weighted by Crippen LogP contribution is 2.42. The number of unbranched alkanes of at least 4 members (excludes halogenated alkanes) is 1. The fourth-order valence-electron chi connectivity index (χ4n) is 5.19. The Balaban J connectivity index is 1.29. The SMILES string of the molecule is C=CCCCOC1CCC(c2ccc(-c3ccc(-c4cc(F)c(C(F)(F)Oc5ccc(F)cc5)c(F)c4)c(F)c3)c(Cl)c2)SC1. The van der Waals surface area contributed by atoms with Crippen LogP contribution in [0.1, 0.15) is 42.1 Å². The molecule has 2 unspecified atom stereocenters. The standard InChI is InChI=1S/C35H29ClF6O2S/c1-2-3-4-15-43-26-11-14-33(45-20-26)22-6-12-27(29(36)16-22)21-5-13-28(30(38)17-21)23-18-31(39)34(32(40)19-23)35(41,42)44-25-9-7-24(37)8-10-25/h2,5-10,12-13,16-19,26,33H,1,3-4,11,14-15,20H2. The van der Waals surface area contributed by atoms with Crippen molar-refractivity contribution in [3.8, 4) is 28.0 Å². The molecule has 1 aliphatic rings. The molecular formula is C35H29ClF6O2S. The Bertz CT molecular complexity index is 1630. The predicted octanol–water partition coefficient (Wildman–Crippen LogP) is 11.3. The highest BCUT2D eigenvalue weighted by molar-refractivity contribution is 7.99. The molecule has 1 saturated heterocycles. The fourth-order valence-corrected chi connectivity index (χ4v) is 6.84. The number of hydrogen-bond donors (Lipinski definition) is 0. The molecule has 4 aromatic carbocycles. The van der Waals surface area contributed by atoms with E-state index in [0.29, 0.717) is 28.3 Å². The molecule has 0 N–H and O–H groups in total. The van der Waals surface area contributed by atoms with Crippen molar-refractivity contribution in [2.75, 3.05) is 12.4 Å². The van der Waals surface area contributed by atoms with E-state index >= 15 is 4.39 Å². The Hall–Kier alpha value is -3.40. The monoisotopic (exact) mass is 662 g/mol. The summed E-state index contributed by atoms with van der Waals surface area (Å²) in [7, 11) is 0. The minimum absolute atomic E-state index is 0.196. The third-order valence-corrected chi connectivity index (χ3v) is 9.28. The number of allylic oxidation sites excluding steroid dienone is 1. The minimum atomic E-state index is -4.42. The molecule has 1 fully saturated rings. The van der Waals surface area contributed by atoms with E-state index in [9.17, 15) is 22.0 Å². The molecule has 45 heavy (non-hydrogen) atoms. The van der Waals surface area contributed by atoms with Gasteiger partial charge in [-0.1, -0.05) is 41.9 Å². The number of thioether (sulfide) groups is 1. The lowest BCUT2D eigenvalue weighted by Gasteiger charge is -2.28. The van der Waals surface area contributed by atoms with Crippen molar-refractivity contribution in [3.63, 3.8) is 0 Å². The first-order valence-electron chi connectivity index (χ1n) is 14.3. The zero-order valence-corrected chi connectivity index (χ0v) is 25.6. The van der Waals surface area contributed by atoms with E-state index in [4.69, 9.17) is 16.3 Å². The third-order valence-electron chi connectivity index (χ3n) is 7.49. The van der Waals surface area contributed by atoms with Crippen molar-refractivity contribution in [2.45, 2.75) is 43.1 Å². The summed E-state index contributed by atoms with van der Waals surface area (Å²) < 4.78 is 97.9. The molecule has 0 amide bonds.